The van der Waals surface area contributed by atoms with Gasteiger partial charge in [-0.15, -0.1) is 0 Å². The Labute approximate surface area is 148 Å². The Hall–Kier alpha value is -1.75. The molecule has 1 saturated carbocycles. The average molecular weight is 343 g/mol. The number of rotatable bonds is 5. The molecule has 1 aromatic carbocycles. The molecule has 24 heavy (non-hydrogen) atoms. The van der Waals surface area contributed by atoms with Gasteiger partial charge in [-0.1, -0.05) is 31.4 Å². The summed E-state index contributed by atoms with van der Waals surface area (Å²) >= 11 is 2.05. The van der Waals surface area contributed by atoms with Gasteiger partial charge < -0.3 is 5.32 Å². The lowest BCUT2D eigenvalue weighted by Crippen LogP contribution is -2.13. The second-order valence-electron chi connectivity index (χ2n) is 6.52. The first-order valence-electron chi connectivity index (χ1n) is 8.64. The lowest BCUT2D eigenvalue weighted by molar-refractivity contribution is 0.102. The van der Waals surface area contributed by atoms with Gasteiger partial charge in [-0.05, 0) is 43.5 Å². The first-order chi connectivity index (χ1) is 11.6. The van der Waals surface area contributed by atoms with E-state index < -0.39 is 0 Å². The van der Waals surface area contributed by atoms with Gasteiger partial charge in [0.25, 0.3) is 5.91 Å². The zero-order valence-corrected chi connectivity index (χ0v) is 15.2. The minimum Gasteiger partial charge on any atom is -0.321 e. The van der Waals surface area contributed by atoms with E-state index in [0.29, 0.717) is 5.69 Å². The second kappa shape index (κ2) is 7.88. The van der Waals surface area contributed by atoms with E-state index in [2.05, 4.69) is 34.3 Å². The molecule has 0 spiro atoms. The van der Waals surface area contributed by atoms with Gasteiger partial charge in [0.1, 0.15) is 0 Å². The quantitative estimate of drug-likeness (QED) is 0.866. The predicted octanol–water partition coefficient (Wildman–Crippen LogP) is 4.55. The molecule has 1 heterocycles. The number of anilines is 1. The fourth-order valence-corrected chi connectivity index (χ4v) is 4.33. The van der Waals surface area contributed by atoms with E-state index in [1.165, 1.54) is 37.7 Å². The van der Waals surface area contributed by atoms with Gasteiger partial charge in [0, 0.05) is 29.4 Å². The van der Waals surface area contributed by atoms with Gasteiger partial charge >= 0.3 is 0 Å². The fraction of sp³-hybridized carbons (Fsp3) is 0.474. The third kappa shape index (κ3) is 4.41. The molecule has 1 aliphatic rings. The van der Waals surface area contributed by atoms with Crippen molar-refractivity contribution in [3.8, 4) is 0 Å². The molecule has 128 valence electrons. The van der Waals surface area contributed by atoms with E-state index in [4.69, 9.17) is 0 Å². The van der Waals surface area contributed by atoms with Crippen LogP contribution in [0, 0.1) is 6.92 Å². The van der Waals surface area contributed by atoms with Crippen molar-refractivity contribution >= 4 is 23.4 Å². The van der Waals surface area contributed by atoms with Crippen LogP contribution in [0.3, 0.4) is 0 Å². The summed E-state index contributed by atoms with van der Waals surface area (Å²) in [4.78, 5) is 12.3. The summed E-state index contributed by atoms with van der Waals surface area (Å²) in [6, 6.07) is 9.95. The molecule has 1 amide bonds. The molecule has 0 saturated heterocycles. The largest absolute Gasteiger partial charge is 0.321 e. The Morgan fingerprint density at radius 3 is 2.79 bits per heavy atom. The minimum absolute atomic E-state index is 0.157. The molecule has 0 unspecified atom stereocenters. The molecule has 1 fully saturated rings. The van der Waals surface area contributed by atoms with Crippen molar-refractivity contribution < 1.29 is 4.79 Å². The van der Waals surface area contributed by atoms with Crippen molar-refractivity contribution in [3.05, 3.63) is 47.3 Å². The van der Waals surface area contributed by atoms with Crippen molar-refractivity contribution in [1.82, 2.24) is 9.78 Å². The minimum atomic E-state index is -0.157. The number of carbonyl (C=O) groups is 1. The third-order valence-corrected chi connectivity index (χ3v) is 6.01. The summed E-state index contributed by atoms with van der Waals surface area (Å²) in [6.07, 6.45) is 6.83. The van der Waals surface area contributed by atoms with Gasteiger partial charge in [-0.3, -0.25) is 9.48 Å². The fourth-order valence-electron chi connectivity index (χ4n) is 3.05. The Morgan fingerprint density at radius 2 is 2.08 bits per heavy atom. The maximum absolute atomic E-state index is 12.3. The van der Waals surface area contributed by atoms with Gasteiger partial charge in [-0.2, -0.15) is 16.9 Å². The van der Waals surface area contributed by atoms with Crippen LogP contribution in [0.4, 0.5) is 5.69 Å². The van der Waals surface area contributed by atoms with Crippen molar-refractivity contribution in [2.24, 2.45) is 7.05 Å². The van der Waals surface area contributed by atoms with Crippen molar-refractivity contribution in [2.75, 3.05) is 5.32 Å². The van der Waals surface area contributed by atoms with Crippen molar-refractivity contribution in [2.45, 2.75) is 50.0 Å². The number of amides is 1. The number of hydrogen-bond donors (Lipinski definition) is 1. The van der Waals surface area contributed by atoms with Crippen molar-refractivity contribution in [3.63, 3.8) is 0 Å². The summed E-state index contributed by atoms with van der Waals surface area (Å²) in [6.45, 7) is 1.94. The molecule has 0 atom stereocenters. The Balaban J connectivity index is 1.59. The van der Waals surface area contributed by atoms with E-state index in [1.807, 2.05) is 26.1 Å². The van der Waals surface area contributed by atoms with Crippen LogP contribution in [0.2, 0.25) is 0 Å². The highest BCUT2D eigenvalue weighted by Crippen LogP contribution is 2.30. The maximum atomic E-state index is 12.3. The zero-order valence-electron chi connectivity index (χ0n) is 14.4. The SMILES string of the molecule is Cc1cc(C(=O)Nc2cccc(CSC3CCCCC3)c2)nn1C. The van der Waals surface area contributed by atoms with E-state index in [1.54, 1.807) is 10.7 Å². The van der Waals surface area contributed by atoms with Crippen LogP contribution in [0.1, 0.15) is 53.8 Å². The topological polar surface area (TPSA) is 46.9 Å². The van der Waals surface area contributed by atoms with E-state index in [0.717, 1.165) is 22.4 Å². The highest BCUT2D eigenvalue weighted by molar-refractivity contribution is 7.99. The number of nitrogens with zero attached hydrogens (tertiary/aromatic N) is 2. The molecule has 1 aromatic heterocycles. The predicted molar refractivity (Wildman–Crippen MR) is 101 cm³/mol. The van der Waals surface area contributed by atoms with Crippen LogP contribution >= 0.6 is 11.8 Å². The summed E-state index contributed by atoms with van der Waals surface area (Å²) in [5.41, 5.74) is 3.53. The molecule has 1 aliphatic carbocycles. The zero-order chi connectivity index (χ0) is 16.9. The van der Waals surface area contributed by atoms with Crippen LogP contribution < -0.4 is 5.32 Å². The molecular formula is C19H25N3OS. The van der Waals surface area contributed by atoms with E-state index >= 15 is 0 Å². The highest BCUT2D eigenvalue weighted by Gasteiger charge is 2.14. The Kier molecular flexibility index (Phi) is 5.61. The van der Waals surface area contributed by atoms with Gasteiger partial charge in [0.15, 0.2) is 5.69 Å². The number of nitrogens with one attached hydrogen (secondary N) is 1. The summed E-state index contributed by atoms with van der Waals surface area (Å²) in [5, 5.41) is 7.98. The van der Waals surface area contributed by atoms with Crippen molar-refractivity contribution in [1.29, 1.82) is 0 Å². The number of benzene rings is 1. The van der Waals surface area contributed by atoms with E-state index in [-0.39, 0.29) is 5.91 Å². The molecule has 2 aromatic rings. The third-order valence-electron chi connectivity index (χ3n) is 4.57. The standard InChI is InChI=1S/C19H25N3OS/c1-14-11-18(21-22(14)2)19(23)20-16-8-6-7-15(12-16)13-24-17-9-4-3-5-10-17/h6-8,11-12,17H,3-5,9-10,13H2,1-2H3,(H,20,23). The number of carbonyl (C=O) groups excluding carboxylic acids is 1. The summed E-state index contributed by atoms with van der Waals surface area (Å²) in [5.74, 6) is 0.854. The van der Waals surface area contributed by atoms with Crippen LogP contribution in [-0.4, -0.2) is 20.9 Å². The number of thioether (sulfide) groups is 1. The first-order valence-corrected chi connectivity index (χ1v) is 9.69. The maximum Gasteiger partial charge on any atom is 0.276 e. The Morgan fingerprint density at radius 1 is 1.29 bits per heavy atom. The Bertz CT molecular complexity index is 685. The molecule has 4 nitrogen and oxygen atoms in total. The van der Waals surface area contributed by atoms with Crippen LogP contribution in [-0.2, 0) is 12.8 Å². The monoisotopic (exact) mass is 343 g/mol. The summed E-state index contributed by atoms with van der Waals surface area (Å²) < 4.78 is 1.71. The van der Waals surface area contributed by atoms with Gasteiger partial charge in [0.2, 0.25) is 0 Å². The molecule has 1 N–H and O–H groups in total. The molecule has 3 rings (SSSR count). The molecular weight excluding hydrogens is 318 g/mol. The molecule has 0 bridgehead atoms. The van der Waals surface area contributed by atoms with Crippen LogP contribution in [0.15, 0.2) is 30.3 Å². The molecule has 0 radical (unpaired) electrons. The lowest BCUT2D eigenvalue weighted by atomic mass is 10.0. The average Bonchev–Trinajstić information content (AvgIpc) is 2.94. The molecule has 5 heteroatoms. The van der Waals surface area contributed by atoms with Gasteiger partial charge in [0.05, 0.1) is 0 Å². The number of aromatic nitrogens is 2. The van der Waals surface area contributed by atoms with Crippen LogP contribution in [0.25, 0.3) is 0 Å². The second-order valence-corrected chi connectivity index (χ2v) is 7.81. The highest BCUT2D eigenvalue weighted by atomic mass is 32.2. The van der Waals surface area contributed by atoms with Crippen LogP contribution in [0.5, 0.6) is 0 Å². The molecule has 0 aliphatic heterocycles. The normalized spacial score (nSPS) is 15.4. The lowest BCUT2D eigenvalue weighted by Gasteiger charge is -2.21. The first kappa shape index (κ1) is 17.1. The van der Waals surface area contributed by atoms with Gasteiger partial charge in [-0.25, -0.2) is 0 Å². The number of hydrogen-bond acceptors (Lipinski definition) is 3. The smallest absolute Gasteiger partial charge is 0.276 e. The number of aryl methyl sites for hydroxylation is 2. The van der Waals surface area contributed by atoms with E-state index in [9.17, 15) is 4.79 Å². The summed E-state index contributed by atoms with van der Waals surface area (Å²) in [7, 11) is 1.84.